The summed E-state index contributed by atoms with van der Waals surface area (Å²) in [5, 5.41) is 4.80. The van der Waals surface area contributed by atoms with Crippen molar-refractivity contribution < 1.29 is 4.74 Å². The van der Waals surface area contributed by atoms with Gasteiger partial charge in [0.15, 0.2) is 0 Å². The van der Waals surface area contributed by atoms with E-state index < -0.39 is 0 Å². The number of para-hydroxylation sites is 1. The first kappa shape index (κ1) is 17.8. The van der Waals surface area contributed by atoms with Gasteiger partial charge in [-0.3, -0.25) is 0 Å². The number of hydrogen-bond donors (Lipinski definition) is 1. The largest absolute Gasteiger partial charge is 0.457 e. The Bertz CT molecular complexity index is 819. The zero-order valence-corrected chi connectivity index (χ0v) is 15.4. The zero-order chi connectivity index (χ0) is 17.6. The molecular formula is C21H19Cl2NO. The molecule has 1 N–H and O–H groups in total. The number of rotatable bonds is 6. The van der Waals surface area contributed by atoms with Crippen LogP contribution in [0.2, 0.25) is 10.0 Å². The summed E-state index contributed by atoms with van der Waals surface area (Å²) in [4.78, 5) is 0. The second-order valence-electron chi connectivity index (χ2n) is 5.83. The molecule has 0 aromatic heterocycles. The molecule has 2 nitrogen and oxygen atoms in total. The van der Waals surface area contributed by atoms with E-state index in [4.69, 9.17) is 27.9 Å². The molecule has 25 heavy (non-hydrogen) atoms. The molecule has 0 aliphatic carbocycles. The molecule has 3 aromatic rings. The van der Waals surface area contributed by atoms with Gasteiger partial charge in [0.05, 0.1) is 0 Å². The average Bonchev–Trinajstić information content (AvgIpc) is 2.62. The molecule has 0 amide bonds. The predicted octanol–water partition coefficient (Wildman–Crippen LogP) is 6.64. The molecule has 0 radical (unpaired) electrons. The highest BCUT2D eigenvalue weighted by Crippen LogP contribution is 2.26. The smallest absolute Gasteiger partial charge is 0.127 e. The van der Waals surface area contributed by atoms with Gasteiger partial charge in [0.25, 0.3) is 0 Å². The van der Waals surface area contributed by atoms with Crippen molar-refractivity contribution in [3.05, 3.63) is 94.0 Å². The fourth-order valence-corrected chi connectivity index (χ4v) is 3.11. The second kappa shape index (κ2) is 8.39. The normalized spacial score (nSPS) is 12.0. The number of halogens is 2. The average molecular weight is 372 g/mol. The summed E-state index contributed by atoms with van der Waals surface area (Å²) in [6, 6.07) is 23.5. The lowest BCUT2D eigenvalue weighted by Gasteiger charge is -2.16. The Labute approximate surface area is 158 Å². The SMILES string of the molecule is CC(NCc1ccc(Oc2ccccc2)cc1)c1ccc(Cl)cc1Cl. The quantitative estimate of drug-likeness (QED) is 0.524. The van der Waals surface area contributed by atoms with Crippen LogP contribution in [0, 0.1) is 0 Å². The van der Waals surface area contributed by atoms with Gasteiger partial charge in [-0.15, -0.1) is 0 Å². The van der Waals surface area contributed by atoms with E-state index in [9.17, 15) is 0 Å². The molecule has 0 aliphatic heterocycles. The van der Waals surface area contributed by atoms with Gasteiger partial charge in [-0.2, -0.15) is 0 Å². The molecule has 128 valence electrons. The maximum absolute atomic E-state index is 6.26. The Morgan fingerprint density at radius 2 is 1.56 bits per heavy atom. The van der Waals surface area contributed by atoms with Gasteiger partial charge >= 0.3 is 0 Å². The van der Waals surface area contributed by atoms with Crippen molar-refractivity contribution in [3.63, 3.8) is 0 Å². The van der Waals surface area contributed by atoms with Gasteiger partial charge in [-0.25, -0.2) is 0 Å². The summed E-state index contributed by atoms with van der Waals surface area (Å²) in [5.41, 5.74) is 2.22. The van der Waals surface area contributed by atoms with Crippen LogP contribution in [0.3, 0.4) is 0 Å². The third kappa shape index (κ3) is 4.99. The van der Waals surface area contributed by atoms with Crippen molar-refractivity contribution in [1.29, 1.82) is 0 Å². The summed E-state index contributed by atoms with van der Waals surface area (Å²) in [5.74, 6) is 1.66. The molecule has 0 fully saturated rings. The fourth-order valence-electron chi connectivity index (χ4n) is 2.53. The summed E-state index contributed by atoms with van der Waals surface area (Å²) in [6.07, 6.45) is 0. The molecule has 0 aliphatic rings. The second-order valence-corrected chi connectivity index (χ2v) is 6.67. The van der Waals surface area contributed by atoms with Crippen LogP contribution < -0.4 is 10.1 Å². The van der Waals surface area contributed by atoms with E-state index in [1.807, 2.05) is 54.6 Å². The van der Waals surface area contributed by atoms with Crippen LogP contribution in [0.1, 0.15) is 24.1 Å². The number of hydrogen-bond acceptors (Lipinski definition) is 2. The van der Waals surface area contributed by atoms with Crippen molar-refractivity contribution in [3.8, 4) is 11.5 Å². The van der Waals surface area contributed by atoms with Crippen LogP contribution in [0.15, 0.2) is 72.8 Å². The summed E-state index contributed by atoms with van der Waals surface area (Å²) in [6.45, 7) is 2.83. The summed E-state index contributed by atoms with van der Waals surface area (Å²) < 4.78 is 5.80. The lowest BCUT2D eigenvalue weighted by Crippen LogP contribution is -2.18. The predicted molar refractivity (Wildman–Crippen MR) is 105 cm³/mol. The van der Waals surface area contributed by atoms with Crippen LogP contribution in [-0.4, -0.2) is 0 Å². The first-order valence-electron chi connectivity index (χ1n) is 8.12. The van der Waals surface area contributed by atoms with Crippen LogP contribution in [0.5, 0.6) is 11.5 Å². The lowest BCUT2D eigenvalue weighted by atomic mass is 10.1. The molecule has 0 saturated carbocycles. The minimum Gasteiger partial charge on any atom is -0.457 e. The molecular weight excluding hydrogens is 353 g/mol. The van der Waals surface area contributed by atoms with Crippen LogP contribution >= 0.6 is 23.2 Å². The Kier molecular flexibility index (Phi) is 5.98. The van der Waals surface area contributed by atoms with E-state index in [-0.39, 0.29) is 6.04 Å². The molecule has 4 heteroatoms. The minimum atomic E-state index is 0.130. The highest BCUT2D eigenvalue weighted by Gasteiger charge is 2.09. The van der Waals surface area contributed by atoms with Gasteiger partial charge in [0.1, 0.15) is 11.5 Å². The van der Waals surface area contributed by atoms with E-state index in [1.165, 1.54) is 5.56 Å². The van der Waals surface area contributed by atoms with Gasteiger partial charge in [0, 0.05) is 22.6 Å². The molecule has 1 unspecified atom stereocenters. The number of nitrogens with one attached hydrogen (secondary N) is 1. The minimum absolute atomic E-state index is 0.130. The summed E-state index contributed by atoms with van der Waals surface area (Å²) >= 11 is 12.2. The third-order valence-corrected chi connectivity index (χ3v) is 4.51. The van der Waals surface area contributed by atoms with E-state index in [0.717, 1.165) is 23.6 Å². The van der Waals surface area contributed by atoms with E-state index in [2.05, 4.69) is 24.4 Å². The molecule has 0 bridgehead atoms. The van der Waals surface area contributed by atoms with Crippen LogP contribution in [0.25, 0.3) is 0 Å². The van der Waals surface area contributed by atoms with Crippen LogP contribution in [-0.2, 0) is 6.54 Å². The topological polar surface area (TPSA) is 21.3 Å². The molecule has 0 spiro atoms. The molecule has 3 aromatic carbocycles. The first-order valence-corrected chi connectivity index (χ1v) is 8.87. The standard InChI is InChI=1S/C21H19Cl2NO/c1-15(20-12-9-17(22)13-21(20)23)24-14-16-7-10-19(11-8-16)25-18-5-3-2-4-6-18/h2-13,15,24H,14H2,1H3. The Balaban J connectivity index is 1.58. The fraction of sp³-hybridized carbons (Fsp3) is 0.143. The highest BCUT2D eigenvalue weighted by molar-refractivity contribution is 6.35. The number of ether oxygens (including phenoxy) is 1. The highest BCUT2D eigenvalue weighted by atomic mass is 35.5. The van der Waals surface area contributed by atoms with Crippen molar-refractivity contribution in [2.45, 2.75) is 19.5 Å². The molecule has 0 heterocycles. The molecule has 0 saturated heterocycles. The number of benzene rings is 3. The van der Waals surface area contributed by atoms with Crippen molar-refractivity contribution >= 4 is 23.2 Å². The Morgan fingerprint density at radius 3 is 2.24 bits per heavy atom. The zero-order valence-electron chi connectivity index (χ0n) is 13.9. The third-order valence-electron chi connectivity index (χ3n) is 3.94. The van der Waals surface area contributed by atoms with E-state index in [0.29, 0.717) is 10.0 Å². The maximum Gasteiger partial charge on any atom is 0.127 e. The van der Waals surface area contributed by atoms with Crippen molar-refractivity contribution in [2.75, 3.05) is 0 Å². The molecule has 3 rings (SSSR count). The van der Waals surface area contributed by atoms with Gasteiger partial charge in [-0.05, 0) is 54.4 Å². The molecule has 1 atom stereocenters. The van der Waals surface area contributed by atoms with Crippen LogP contribution in [0.4, 0.5) is 0 Å². The monoisotopic (exact) mass is 371 g/mol. The van der Waals surface area contributed by atoms with Crippen molar-refractivity contribution in [1.82, 2.24) is 5.32 Å². The van der Waals surface area contributed by atoms with E-state index >= 15 is 0 Å². The maximum atomic E-state index is 6.26. The van der Waals surface area contributed by atoms with E-state index in [1.54, 1.807) is 6.07 Å². The van der Waals surface area contributed by atoms with Gasteiger partial charge in [0.2, 0.25) is 0 Å². The Morgan fingerprint density at radius 1 is 0.880 bits per heavy atom. The van der Waals surface area contributed by atoms with Gasteiger partial charge in [-0.1, -0.05) is 59.6 Å². The Hall–Kier alpha value is -2.00. The van der Waals surface area contributed by atoms with Crippen molar-refractivity contribution in [2.24, 2.45) is 0 Å². The lowest BCUT2D eigenvalue weighted by molar-refractivity contribution is 0.482. The summed E-state index contributed by atoms with van der Waals surface area (Å²) in [7, 11) is 0. The first-order chi connectivity index (χ1) is 12.1. The van der Waals surface area contributed by atoms with Gasteiger partial charge < -0.3 is 10.1 Å².